The molecule has 1 aliphatic rings. The highest BCUT2D eigenvalue weighted by molar-refractivity contribution is 5.73. The Morgan fingerprint density at radius 2 is 2.20 bits per heavy atom. The van der Waals surface area contributed by atoms with Crippen molar-refractivity contribution in [2.45, 2.75) is 24.9 Å². The van der Waals surface area contributed by atoms with Crippen molar-refractivity contribution < 1.29 is 14.6 Å². The van der Waals surface area contributed by atoms with Gasteiger partial charge in [-0.2, -0.15) is 0 Å². The molecule has 0 fully saturated rings. The Morgan fingerprint density at radius 1 is 1.40 bits per heavy atom. The van der Waals surface area contributed by atoms with Crippen LogP contribution in [-0.2, 0) is 16.8 Å². The fourth-order valence-electron chi connectivity index (χ4n) is 2.64. The van der Waals surface area contributed by atoms with E-state index in [2.05, 4.69) is 10.6 Å². The highest BCUT2D eigenvalue weighted by Crippen LogP contribution is 2.34. The van der Waals surface area contributed by atoms with Gasteiger partial charge in [0.25, 0.3) is 0 Å². The zero-order chi connectivity index (χ0) is 14.4. The molecule has 2 amide bonds. The fraction of sp³-hybridized carbons (Fsp3) is 0.533. The maximum atomic E-state index is 11.6. The van der Waals surface area contributed by atoms with Crippen LogP contribution >= 0.6 is 0 Å². The van der Waals surface area contributed by atoms with Crippen molar-refractivity contribution in [3.63, 3.8) is 0 Å². The van der Waals surface area contributed by atoms with Crippen LogP contribution in [0, 0.1) is 0 Å². The molecule has 1 aromatic carbocycles. The van der Waals surface area contributed by atoms with Crippen molar-refractivity contribution in [1.82, 2.24) is 10.6 Å². The standard InChI is InChI=1S/C15H22N2O3/c1-20-10-9-16-14(18)17-11-15(19)8-4-6-12-5-2-3-7-13(12)15/h2-3,5,7,19H,4,6,8-11H2,1H3,(H2,16,17,18). The lowest BCUT2D eigenvalue weighted by Crippen LogP contribution is -2.46. The van der Waals surface area contributed by atoms with Gasteiger partial charge in [-0.15, -0.1) is 0 Å². The van der Waals surface area contributed by atoms with E-state index in [0.717, 1.165) is 18.4 Å². The monoisotopic (exact) mass is 278 g/mol. The van der Waals surface area contributed by atoms with E-state index in [0.29, 0.717) is 19.6 Å². The predicted molar refractivity (Wildman–Crippen MR) is 76.6 cm³/mol. The van der Waals surface area contributed by atoms with E-state index in [1.54, 1.807) is 7.11 Å². The zero-order valence-corrected chi connectivity index (χ0v) is 11.8. The van der Waals surface area contributed by atoms with Crippen molar-refractivity contribution in [2.75, 3.05) is 26.8 Å². The van der Waals surface area contributed by atoms with Crippen molar-refractivity contribution in [1.29, 1.82) is 0 Å². The van der Waals surface area contributed by atoms with Crippen LogP contribution in [0.3, 0.4) is 0 Å². The van der Waals surface area contributed by atoms with Crippen molar-refractivity contribution in [3.8, 4) is 0 Å². The molecule has 0 saturated heterocycles. The molecule has 0 heterocycles. The van der Waals surface area contributed by atoms with Crippen molar-refractivity contribution >= 4 is 6.03 Å². The van der Waals surface area contributed by atoms with Crippen LogP contribution in [0.1, 0.15) is 24.0 Å². The smallest absolute Gasteiger partial charge is 0.314 e. The molecule has 5 heteroatoms. The minimum atomic E-state index is -0.965. The summed E-state index contributed by atoms with van der Waals surface area (Å²) in [5.41, 5.74) is 1.14. The van der Waals surface area contributed by atoms with Gasteiger partial charge < -0.3 is 20.5 Å². The number of nitrogens with one attached hydrogen (secondary N) is 2. The first kappa shape index (κ1) is 14.8. The summed E-state index contributed by atoms with van der Waals surface area (Å²) in [6, 6.07) is 7.61. The van der Waals surface area contributed by atoms with E-state index in [1.165, 1.54) is 5.56 Å². The van der Waals surface area contributed by atoms with Crippen LogP contribution < -0.4 is 10.6 Å². The number of amides is 2. The third-order valence-corrected chi connectivity index (χ3v) is 3.69. The minimum absolute atomic E-state index is 0.225. The molecular weight excluding hydrogens is 256 g/mol. The first-order valence-corrected chi connectivity index (χ1v) is 6.97. The average molecular weight is 278 g/mol. The van der Waals surface area contributed by atoms with Crippen molar-refractivity contribution in [3.05, 3.63) is 35.4 Å². The normalized spacial score (nSPS) is 21.1. The van der Waals surface area contributed by atoms with Gasteiger partial charge >= 0.3 is 6.03 Å². The Hall–Kier alpha value is -1.59. The summed E-state index contributed by atoms with van der Waals surface area (Å²) in [7, 11) is 1.58. The first-order chi connectivity index (χ1) is 9.65. The number of hydrogen-bond donors (Lipinski definition) is 3. The van der Waals surface area contributed by atoms with Gasteiger partial charge in [0, 0.05) is 13.7 Å². The average Bonchev–Trinajstić information content (AvgIpc) is 2.46. The summed E-state index contributed by atoms with van der Waals surface area (Å²) in [6.45, 7) is 1.15. The number of carbonyl (C=O) groups is 1. The van der Waals surface area contributed by atoms with Gasteiger partial charge in [-0.05, 0) is 30.4 Å². The third-order valence-electron chi connectivity index (χ3n) is 3.69. The topological polar surface area (TPSA) is 70.6 Å². The molecule has 0 spiro atoms. The molecule has 2 rings (SSSR count). The zero-order valence-electron chi connectivity index (χ0n) is 11.8. The number of carbonyl (C=O) groups excluding carboxylic acids is 1. The molecule has 1 atom stereocenters. The maximum absolute atomic E-state index is 11.6. The second-order valence-electron chi connectivity index (χ2n) is 5.14. The van der Waals surface area contributed by atoms with Crippen LogP contribution in [0.5, 0.6) is 0 Å². The molecule has 110 valence electrons. The Kier molecular flexibility index (Phi) is 4.98. The molecule has 0 aromatic heterocycles. The van der Waals surface area contributed by atoms with Gasteiger partial charge in [0.15, 0.2) is 0 Å². The summed E-state index contributed by atoms with van der Waals surface area (Å²) in [4.78, 5) is 11.6. The number of rotatable bonds is 5. The number of benzene rings is 1. The molecule has 0 bridgehead atoms. The molecule has 0 radical (unpaired) electrons. The van der Waals surface area contributed by atoms with E-state index in [1.807, 2.05) is 24.3 Å². The Morgan fingerprint density at radius 3 is 3.00 bits per heavy atom. The SMILES string of the molecule is COCCNC(=O)NCC1(O)CCCc2ccccc21. The summed E-state index contributed by atoms with van der Waals surface area (Å²) < 4.78 is 4.86. The highest BCUT2D eigenvalue weighted by atomic mass is 16.5. The Balaban J connectivity index is 1.94. The van der Waals surface area contributed by atoms with Gasteiger partial charge in [-0.3, -0.25) is 0 Å². The third kappa shape index (κ3) is 3.49. The van der Waals surface area contributed by atoms with Crippen LogP contribution in [0.2, 0.25) is 0 Å². The predicted octanol–water partition coefficient (Wildman–Crippen LogP) is 1.16. The second kappa shape index (κ2) is 6.72. The van der Waals surface area contributed by atoms with Gasteiger partial charge in [-0.1, -0.05) is 24.3 Å². The number of aliphatic hydroxyl groups is 1. The van der Waals surface area contributed by atoms with Crippen LogP contribution in [0.15, 0.2) is 24.3 Å². The lowest BCUT2D eigenvalue weighted by molar-refractivity contribution is 0.0216. The van der Waals surface area contributed by atoms with E-state index >= 15 is 0 Å². The number of hydrogen-bond acceptors (Lipinski definition) is 3. The quantitative estimate of drug-likeness (QED) is 0.708. The molecule has 1 unspecified atom stereocenters. The van der Waals surface area contributed by atoms with E-state index < -0.39 is 5.60 Å². The van der Waals surface area contributed by atoms with Gasteiger partial charge in [0.1, 0.15) is 5.60 Å². The maximum Gasteiger partial charge on any atom is 0.314 e. The Labute approximate surface area is 119 Å². The molecule has 1 aliphatic carbocycles. The Bertz CT molecular complexity index is 464. The highest BCUT2D eigenvalue weighted by Gasteiger charge is 2.34. The first-order valence-electron chi connectivity index (χ1n) is 6.97. The molecule has 20 heavy (non-hydrogen) atoms. The minimum Gasteiger partial charge on any atom is -0.383 e. The van der Waals surface area contributed by atoms with E-state index in [4.69, 9.17) is 4.74 Å². The fourth-order valence-corrected chi connectivity index (χ4v) is 2.64. The largest absolute Gasteiger partial charge is 0.383 e. The number of ether oxygens (including phenoxy) is 1. The number of aryl methyl sites for hydroxylation is 1. The van der Waals surface area contributed by atoms with Gasteiger partial charge in [0.2, 0.25) is 0 Å². The number of methoxy groups -OCH3 is 1. The van der Waals surface area contributed by atoms with Crippen LogP contribution in [0.25, 0.3) is 0 Å². The summed E-state index contributed by atoms with van der Waals surface area (Å²) in [5, 5.41) is 16.2. The molecule has 1 aromatic rings. The van der Waals surface area contributed by atoms with Crippen molar-refractivity contribution in [2.24, 2.45) is 0 Å². The molecular formula is C15H22N2O3. The molecule has 0 saturated carbocycles. The lowest BCUT2D eigenvalue weighted by atomic mass is 9.79. The van der Waals surface area contributed by atoms with Crippen LogP contribution in [-0.4, -0.2) is 37.9 Å². The number of fused-ring (bicyclic) bond motifs is 1. The van der Waals surface area contributed by atoms with Gasteiger partial charge in [-0.25, -0.2) is 4.79 Å². The molecule has 3 N–H and O–H groups in total. The summed E-state index contributed by atoms with van der Waals surface area (Å²) in [6.07, 6.45) is 2.58. The van der Waals surface area contributed by atoms with E-state index in [9.17, 15) is 9.90 Å². The van der Waals surface area contributed by atoms with Gasteiger partial charge in [0.05, 0.1) is 13.2 Å². The van der Waals surface area contributed by atoms with E-state index in [-0.39, 0.29) is 12.6 Å². The molecule has 5 nitrogen and oxygen atoms in total. The lowest BCUT2D eigenvalue weighted by Gasteiger charge is -2.34. The van der Waals surface area contributed by atoms with Crippen LogP contribution in [0.4, 0.5) is 4.79 Å². The number of urea groups is 1. The summed E-state index contributed by atoms with van der Waals surface area (Å²) in [5.74, 6) is 0. The molecule has 0 aliphatic heterocycles. The second-order valence-corrected chi connectivity index (χ2v) is 5.14. The summed E-state index contributed by atoms with van der Waals surface area (Å²) >= 11 is 0.